The summed E-state index contributed by atoms with van der Waals surface area (Å²) in [5.41, 5.74) is 2.71. The molecule has 0 spiro atoms. The van der Waals surface area contributed by atoms with Gasteiger partial charge < -0.3 is 10.2 Å². The van der Waals surface area contributed by atoms with Gasteiger partial charge in [0.1, 0.15) is 0 Å². The Morgan fingerprint density at radius 3 is 2.90 bits per heavy atom. The van der Waals surface area contributed by atoms with Crippen LogP contribution in [0.4, 0.5) is 5.69 Å². The van der Waals surface area contributed by atoms with Gasteiger partial charge in [0.25, 0.3) is 0 Å². The van der Waals surface area contributed by atoms with Crippen molar-refractivity contribution in [3.8, 4) is 0 Å². The van der Waals surface area contributed by atoms with Gasteiger partial charge in [-0.15, -0.1) is 0 Å². The summed E-state index contributed by atoms with van der Waals surface area (Å²) >= 11 is 8.32. The lowest BCUT2D eigenvalue weighted by atomic mass is 10.1. The van der Waals surface area contributed by atoms with Crippen molar-refractivity contribution in [2.24, 2.45) is 0 Å². The summed E-state index contributed by atoms with van der Waals surface area (Å²) < 4.78 is 0. The monoisotopic (exact) mass is 310 g/mol. The Balaban J connectivity index is 1.83. The molecule has 2 aliphatic rings. The summed E-state index contributed by atoms with van der Waals surface area (Å²) in [4.78, 5) is 2.54. The zero-order chi connectivity index (χ0) is 14.1. The Bertz CT molecular complexity index is 476. The number of thioether (sulfide) groups is 1. The average molecular weight is 311 g/mol. The molecule has 1 aromatic rings. The van der Waals surface area contributed by atoms with Crippen LogP contribution in [0, 0.1) is 0 Å². The van der Waals surface area contributed by atoms with Crippen LogP contribution in [0.3, 0.4) is 0 Å². The highest BCUT2D eigenvalue weighted by Gasteiger charge is 2.27. The lowest BCUT2D eigenvalue weighted by Crippen LogP contribution is -2.45. The zero-order valence-corrected chi connectivity index (χ0v) is 13.8. The fourth-order valence-electron chi connectivity index (χ4n) is 2.77. The van der Waals surface area contributed by atoms with E-state index in [1.165, 1.54) is 29.8 Å². The number of nitrogens with one attached hydrogen (secondary N) is 1. The van der Waals surface area contributed by atoms with Gasteiger partial charge in [0.05, 0.1) is 0 Å². The molecule has 0 bridgehead atoms. The molecule has 0 aromatic heterocycles. The molecule has 1 aliphatic heterocycles. The lowest BCUT2D eigenvalue weighted by Gasteiger charge is -2.40. The molecule has 2 unspecified atom stereocenters. The Hall–Kier alpha value is -0.380. The van der Waals surface area contributed by atoms with Crippen LogP contribution in [-0.2, 0) is 6.54 Å². The lowest BCUT2D eigenvalue weighted by molar-refractivity contribution is 0.618. The summed E-state index contributed by atoms with van der Waals surface area (Å²) in [6.45, 7) is 6.73. The molecule has 20 heavy (non-hydrogen) atoms. The fraction of sp³-hybridized carbons (Fsp3) is 0.625. The minimum absolute atomic E-state index is 0.562. The van der Waals surface area contributed by atoms with Crippen LogP contribution >= 0.6 is 23.4 Å². The van der Waals surface area contributed by atoms with Gasteiger partial charge in [0.15, 0.2) is 0 Å². The Morgan fingerprint density at radius 1 is 1.35 bits per heavy atom. The maximum atomic E-state index is 6.24. The smallest absolute Gasteiger partial charge is 0.0429 e. The quantitative estimate of drug-likeness (QED) is 0.907. The van der Waals surface area contributed by atoms with Crippen LogP contribution in [0.1, 0.15) is 32.3 Å². The van der Waals surface area contributed by atoms with Crippen LogP contribution in [0.5, 0.6) is 0 Å². The predicted molar refractivity (Wildman–Crippen MR) is 90.0 cm³/mol. The Morgan fingerprint density at radius 2 is 2.15 bits per heavy atom. The first-order valence-corrected chi connectivity index (χ1v) is 8.98. The summed E-state index contributed by atoms with van der Waals surface area (Å²) in [7, 11) is 0. The van der Waals surface area contributed by atoms with Gasteiger partial charge in [-0.05, 0) is 37.5 Å². The SMILES string of the molecule is CC1SCCN(c2cc(Cl)ccc2CNC2CC2)C1C. The molecule has 1 heterocycles. The second-order valence-electron chi connectivity index (χ2n) is 5.94. The second-order valence-corrected chi connectivity index (χ2v) is 7.86. The molecule has 2 atom stereocenters. The second kappa shape index (κ2) is 6.17. The number of nitrogens with zero attached hydrogens (tertiary/aromatic N) is 1. The van der Waals surface area contributed by atoms with E-state index in [2.05, 4.69) is 48.0 Å². The van der Waals surface area contributed by atoms with E-state index in [0.717, 1.165) is 24.2 Å². The van der Waals surface area contributed by atoms with Crippen LogP contribution in [0.2, 0.25) is 5.02 Å². The van der Waals surface area contributed by atoms with Gasteiger partial charge in [0.2, 0.25) is 0 Å². The largest absolute Gasteiger partial charge is 0.367 e. The topological polar surface area (TPSA) is 15.3 Å². The molecule has 1 saturated heterocycles. The van der Waals surface area contributed by atoms with Crippen molar-refractivity contribution in [2.45, 2.75) is 50.6 Å². The van der Waals surface area contributed by atoms with Crippen LogP contribution in [0.15, 0.2) is 18.2 Å². The van der Waals surface area contributed by atoms with Crippen molar-refractivity contribution >= 4 is 29.1 Å². The number of benzene rings is 1. The van der Waals surface area contributed by atoms with Gasteiger partial charge in [-0.3, -0.25) is 0 Å². The Kier molecular flexibility index (Phi) is 4.49. The highest BCUT2D eigenvalue weighted by atomic mass is 35.5. The molecule has 1 N–H and O–H groups in total. The molecule has 1 aliphatic carbocycles. The van der Waals surface area contributed by atoms with E-state index in [1.54, 1.807) is 0 Å². The van der Waals surface area contributed by atoms with Gasteiger partial charge >= 0.3 is 0 Å². The molecule has 110 valence electrons. The first-order chi connectivity index (χ1) is 9.65. The summed E-state index contributed by atoms with van der Waals surface area (Å²) in [6.07, 6.45) is 2.66. The third kappa shape index (κ3) is 3.26. The minimum Gasteiger partial charge on any atom is -0.367 e. The van der Waals surface area contributed by atoms with Crippen molar-refractivity contribution in [2.75, 3.05) is 17.2 Å². The zero-order valence-electron chi connectivity index (χ0n) is 12.2. The van der Waals surface area contributed by atoms with Crippen molar-refractivity contribution in [1.29, 1.82) is 0 Å². The van der Waals surface area contributed by atoms with Crippen molar-refractivity contribution in [3.05, 3.63) is 28.8 Å². The normalized spacial score (nSPS) is 26.9. The van der Waals surface area contributed by atoms with Gasteiger partial charge in [-0.25, -0.2) is 0 Å². The van der Waals surface area contributed by atoms with Crippen molar-refractivity contribution < 1.29 is 0 Å². The predicted octanol–water partition coefficient (Wildman–Crippen LogP) is 3.92. The van der Waals surface area contributed by atoms with Gasteiger partial charge in [-0.2, -0.15) is 11.8 Å². The number of hydrogen-bond donors (Lipinski definition) is 1. The van der Waals surface area contributed by atoms with E-state index < -0.39 is 0 Å². The maximum absolute atomic E-state index is 6.24. The molecule has 0 radical (unpaired) electrons. The van der Waals surface area contributed by atoms with Crippen LogP contribution < -0.4 is 10.2 Å². The molecule has 0 amide bonds. The molecule has 2 nitrogen and oxygen atoms in total. The van der Waals surface area contributed by atoms with E-state index in [4.69, 9.17) is 11.6 Å². The van der Waals surface area contributed by atoms with Gasteiger partial charge in [0, 0.05) is 46.9 Å². The maximum Gasteiger partial charge on any atom is 0.0429 e. The molecular formula is C16H23ClN2S. The van der Waals surface area contributed by atoms with E-state index in [0.29, 0.717) is 11.3 Å². The average Bonchev–Trinajstić information content (AvgIpc) is 3.25. The first-order valence-electron chi connectivity index (χ1n) is 7.55. The van der Waals surface area contributed by atoms with Gasteiger partial charge in [-0.1, -0.05) is 24.6 Å². The molecule has 4 heteroatoms. The first kappa shape index (κ1) is 14.6. The molecule has 3 rings (SSSR count). The van der Waals surface area contributed by atoms with E-state index >= 15 is 0 Å². The number of rotatable bonds is 4. The number of hydrogen-bond acceptors (Lipinski definition) is 3. The highest BCUT2D eigenvalue weighted by Crippen LogP contribution is 2.33. The summed E-state index contributed by atoms with van der Waals surface area (Å²) in [5.74, 6) is 1.20. The summed E-state index contributed by atoms with van der Waals surface area (Å²) in [6, 6.07) is 7.65. The molecule has 2 fully saturated rings. The molecule has 1 aromatic carbocycles. The van der Waals surface area contributed by atoms with Crippen molar-refractivity contribution in [1.82, 2.24) is 5.32 Å². The minimum atomic E-state index is 0.562. The molecule has 1 saturated carbocycles. The third-order valence-corrected chi connectivity index (χ3v) is 5.97. The number of anilines is 1. The number of halogens is 1. The third-order valence-electron chi connectivity index (χ3n) is 4.40. The highest BCUT2D eigenvalue weighted by molar-refractivity contribution is 8.00. The molecular weight excluding hydrogens is 288 g/mol. The van der Waals surface area contributed by atoms with Crippen molar-refractivity contribution in [3.63, 3.8) is 0 Å². The standard InChI is InChI=1S/C16H23ClN2S/c1-11-12(2)20-8-7-19(11)16-9-14(17)4-3-13(16)10-18-15-5-6-15/h3-4,9,11-12,15,18H,5-8,10H2,1-2H3. The van der Waals surface area contributed by atoms with E-state index in [-0.39, 0.29) is 0 Å². The summed E-state index contributed by atoms with van der Waals surface area (Å²) in [5, 5.41) is 5.14. The van der Waals surface area contributed by atoms with Crippen LogP contribution in [-0.4, -0.2) is 29.6 Å². The van der Waals surface area contributed by atoms with E-state index in [1.807, 2.05) is 6.07 Å². The fourth-order valence-corrected chi connectivity index (χ4v) is 4.03. The van der Waals surface area contributed by atoms with Crippen LogP contribution in [0.25, 0.3) is 0 Å². The Labute approximate surface area is 131 Å². The van der Waals surface area contributed by atoms with E-state index in [9.17, 15) is 0 Å².